The van der Waals surface area contributed by atoms with E-state index in [4.69, 9.17) is 20.9 Å². The van der Waals surface area contributed by atoms with Crippen LogP contribution < -0.4 is 0 Å². The van der Waals surface area contributed by atoms with Crippen LogP contribution in [0.2, 0.25) is 0 Å². The molecule has 5 heteroatoms. The minimum absolute atomic E-state index is 1.04. The van der Waals surface area contributed by atoms with Crippen molar-refractivity contribution in [3.63, 3.8) is 0 Å². The Morgan fingerprint density at radius 2 is 1.91 bits per heavy atom. The maximum Gasteiger partial charge on any atom is 0.246 e. The van der Waals surface area contributed by atoms with Crippen LogP contribution in [0.15, 0.2) is 0 Å². The highest BCUT2D eigenvalue weighted by Crippen LogP contribution is 2.59. The highest BCUT2D eigenvalue weighted by atomic mass is 32.9. The number of hydrogen-bond acceptors (Lipinski definition) is 4. The zero-order valence-electron chi connectivity index (χ0n) is 7.20. The van der Waals surface area contributed by atoms with E-state index in [1.54, 1.807) is 25.6 Å². The second kappa shape index (κ2) is 6.44. The van der Waals surface area contributed by atoms with Gasteiger partial charge in [0.2, 0.25) is 5.69 Å². The molecule has 0 aliphatic rings. The third-order valence-electron chi connectivity index (χ3n) is 1.19. The molecule has 0 saturated heterocycles. The molecule has 0 spiro atoms. The van der Waals surface area contributed by atoms with Crippen LogP contribution in [0.25, 0.3) is 0 Å². The van der Waals surface area contributed by atoms with E-state index in [0.717, 1.165) is 5.75 Å². The molecule has 0 unspecified atom stereocenters. The molecule has 0 radical (unpaired) electrons. The standard InChI is InChI=1S/C6H15O2PS2/c1-4-5-6-11-9(10,7-2)8-3/h4-6H2,1-3H3. The Labute approximate surface area is 78.0 Å². The first-order valence-electron chi connectivity index (χ1n) is 3.54. The van der Waals surface area contributed by atoms with Gasteiger partial charge in [-0.3, -0.25) is 0 Å². The third-order valence-corrected chi connectivity index (χ3v) is 7.11. The Morgan fingerprint density at radius 1 is 1.36 bits per heavy atom. The van der Waals surface area contributed by atoms with Gasteiger partial charge in [-0.25, -0.2) is 0 Å². The van der Waals surface area contributed by atoms with E-state index in [9.17, 15) is 0 Å². The van der Waals surface area contributed by atoms with Crippen LogP contribution in [0.3, 0.4) is 0 Å². The molecule has 0 saturated carbocycles. The molecule has 68 valence electrons. The summed E-state index contributed by atoms with van der Waals surface area (Å²) in [6, 6.07) is 0. The van der Waals surface area contributed by atoms with E-state index in [0.29, 0.717) is 0 Å². The number of unbranched alkanes of at least 4 members (excludes halogenated alkanes) is 1. The molecule has 0 bridgehead atoms. The Balaban J connectivity index is 3.61. The van der Waals surface area contributed by atoms with Crippen LogP contribution in [0, 0.1) is 0 Å². The summed E-state index contributed by atoms with van der Waals surface area (Å²) in [5, 5.41) is 0. The maximum atomic E-state index is 5.15. The van der Waals surface area contributed by atoms with Crippen molar-refractivity contribution in [1.29, 1.82) is 0 Å². The van der Waals surface area contributed by atoms with Gasteiger partial charge < -0.3 is 9.05 Å². The van der Waals surface area contributed by atoms with Gasteiger partial charge in [0.25, 0.3) is 0 Å². The molecule has 0 amide bonds. The molecule has 0 heterocycles. The van der Waals surface area contributed by atoms with Crippen molar-refractivity contribution in [2.75, 3.05) is 20.0 Å². The summed E-state index contributed by atoms with van der Waals surface area (Å²) < 4.78 is 10.2. The molecule has 0 fully saturated rings. The highest BCUT2D eigenvalue weighted by Gasteiger charge is 2.14. The fourth-order valence-corrected chi connectivity index (χ4v) is 3.86. The van der Waals surface area contributed by atoms with Crippen LogP contribution in [0.1, 0.15) is 19.8 Å². The Morgan fingerprint density at radius 3 is 2.27 bits per heavy atom. The van der Waals surface area contributed by atoms with Crippen LogP contribution in [-0.4, -0.2) is 20.0 Å². The van der Waals surface area contributed by atoms with Gasteiger partial charge in [-0.05, 0) is 18.2 Å². The topological polar surface area (TPSA) is 18.5 Å². The van der Waals surface area contributed by atoms with Crippen LogP contribution in [0.4, 0.5) is 0 Å². The van der Waals surface area contributed by atoms with Crippen molar-refractivity contribution < 1.29 is 9.05 Å². The van der Waals surface area contributed by atoms with E-state index in [1.807, 2.05) is 0 Å². The zero-order valence-corrected chi connectivity index (χ0v) is 9.73. The fraction of sp³-hybridized carbons (Fsp3) is 1.00. The number of rotatable bonds is 6. The largest absolute Gasteiger partial charge is 0.325 e. The fourth-order valence-electron chi connectivity index (χ4n) is 0.501. The minimum atomic E-state index is -1.96. The van der Waals surface area contributed by atoms with Gasteiger partial charge in [0.1, 0.15) is 0 Å². The molecule has 0 N–H and O–H groups in total. The van der Waals surface area contributed by atoms with E-state index in [-0.39, 0.29) is 0 Å². The highest BCUT2D eigenvalue weighted by molar-refractivity contribution is 8.67. The minimum Gasteiger partial charge on any atom is -0.325 e. The molecule has 0 aliphatic heterocycles. The molecule has 0 atom stereocenters. The molecule has 0 aromatic carbocycles. The quantitative estimate of drug-likeness (QED) is 0.499. The Hall–Kier alpha value is 0.920. The molecule has 0 aromatic heterocycles. The molecule has 0 aromatic rings. The van der Waals surface area contributed by atoms with Crippen molar-refractivity contribution in [2.24, 2.45) is 0 Å². The second-order valence-electron chi connectivity index (χ2n) is 2.00. The Kier molecular flexibility index (Phi) is 6.98. The van der Waals surface area contributed by atoms with E-state index in [1.165, 1.54) is 12.8 Å². The summed E-state index contributed by atoms with van der Waals surface area (Å²) in [5.41, 5.74) is -1.96. The summed E-state index contributed by atoms with van der Waals surface area (Å²) in [6.45, 7) is 2.16. The average molecular weight is 214 g/mol. The van der Waals surface area contributed by atoms with Crippen LogP contribution in [0.5, 0.6) is 0 Å². The molecule has 2 nitrogen and oxygen atoms in total. The first-order valence-corrected chi connectivity index (χ1v) is 7.77. The smallest absolute Gasteiger partial charge is 0.246 e. The number of hydrogen-bond donors (Lipinski definition) is 0. The van der Waals surface area contributed by atoms with Gasteiger partial charge in [0.05, 0.1) is 0 Å². The summed E-state index contributed by atoms with van der Waals surface area (Å²) in [7, 11) is 3.23. The van der Waals surface area contributed by atoms with Crippen molar-refractivity contribution >= 4 is 28.9 Å². The van der Waals surface area contributed by atoms with E-state index >= 15 is 0 Å². The Bertz CT molecular complexity index is 133. The SMILES string of the molecule is CCCCSP(=S)(OC)OC. The molecular weight excluding hydrogens is 199 g/mol. The average Bonchev–Trinajstić information content (AvgIpc) is 2.05. The van der Waals surface area contributed by atoms with Crippen molar-refractivity contribution in [1.82, 2.24) is 0 Å². The summed E-state index contributed by atoms with van der Waals surface area (Å²) in [5.74, 6) is 1.04. The second-order valence-corrected chi connectivity index (χ2v) is 8.64. The predicted octanol–water partition coefficient (Wildman–Crippen LogP) is 3.04. The predicted molar refractivity (Wildman–Crippen MR) is 55.7 cm³/mol. The van der Waals surface area contributed by atoms with Crippen molar-refractivity contribution in [3.05, 3.63) is 0 Å². The van der Waals surface area contributed by atoms with Crippen LogP contribution >= 0.6 is 17.1 Å². The van der Waals surface area contributed by atoms with Gasteiger partial charge in [-0.2, -0.15) is 0 Å². The van der Waals surface area contributed by atoms with Crippen LogP contribution in [-0.2, 0) is 20.9 Å². The lowest BCUT2D eigenvalue weighted by atomic mass is 10.4. The zero-order chi connectivity index (χ0) is 8.74. The van der Waals surface area contributed by atoms with Gasteiger partial charge in [-0.1, -0.05) is 24.7 Å². The maximum absolute atomic E-state index is 5.15. The summed E-state index contributed by atoms with van der Waals surface area (Å²) >= 11 is 6.78. The summed E-state index contributed by atoms with van der Waals surface area (Å²) in [6.07, 6.45) is 2.37. The lowest BCUT2D eigenvalue weighted by Gasteiger charge is -2.15. The van der Waals surface area contributed by atoms with Gasteiger partial charge >= 0.3 is 0 Å². The molecule has 11 heavy (non-hydrogen) atoms. The normalized spacial score (nSPS) is 11.9. The van der Waals surface area contributed by atoms with Gasteiger partial charge in [0, 0.05) is 20.0 Å². The molecule has 0 rings (SSSR count). The first-order chi connectivity index (χ1) is 5.18. The monoisotopic (exact) mass is 214 g/mol. The van der Waals surface area contributed by atoms with Gasteiger partial charge in [0.15, 0.2) is 0 Å². The third kappa shape index (κ3) is 5.21. The lowest BCUT2D eigenvalue weighted by Crippen LogP contribution is -1.85. The molecule has 0 aliphatic carbocycles. The van der Waals surface area contributed by atoms with E-state index < -0.39 is 5.69 Å². The first kappa shape index (κ1) is 11.9. The van der Waals surface area contributed by atoms with Crippen molar-refractivity contribution in [3.8, 4) is 0 Å². The lowest BCUT2D eigenvalue weighted by molar-refractivity contribution is 0.354. The summed E-state index contributed by atoms with van der Waals surface area (Å²) in [4.78, 5) is 0. The van der Waals surface area contributed by atoms with Gasteiger partial charge in [-0.15, -0.1) is 0 Å². The van der Waals surface area contributed by atoms with Crippen molar-refractivity contribution in [2.45, 2.75) is 19.8 Å². The molecular formula is C6H15O2PS2. The van der Waals surface area contributed by atoms with E-state index in [2.05, 4.69) is 6.92 Å².